The minimum atomic E-state index is -1.05. The molecular weight excluding hydrogens is 234 g/mol. The third-order valence-electron chi connectivity index (χ3n) is 3.62. The van der Waals surface area contributed by atoms with Crippen LogP contribution in [-0.4, -0.2) is 68.1 Å². The average molecular weight is 263 g/mol. The van der Waals surface area contributed by atoms with E-state index >= 15 is 0 Å². The van der Waals surface area contributed by atoms with E-state index in [1.165, 1.54) is 0 Å². The molecule has 0 spiro atoms. The molecule has 0 saturated carbocycles. The summed E-state index contributed by atoms with van der Waals surface area (Å²) in [5.41, 5.74) is 34.0. The maximum atomic E-state index is 10.5. The minimum absolute atomic E-state index is 0.131. The smallest absolute Gasteiger partial charge is 0.117 e. The molecule has 4 unspecified atom stereocenters. The molecule has 0 aromatic rings. The lowest BCUT2D eigenvalue weighted by Gasteiger charge is -2.51. The van der Waals surface area contributed by atoms with Crippen molar-refractivity contribution in [2.24, 2.45) is 39.8 Å². The number of nitrogens with two attached hydrogens (primary N) is 6. The van der Waals surface area contributed by atoms with Crippen molar-refractivity contribution in [2.45, 2.75) is 24.4 Å². The van der Waals surface area contributed by atoms with Crippen molar-refractivity contribution in [1.82, 2.24) is 4.90 Å². The van der Waals surface area contributed by atoms with Gasteiger partial charge in [0.05, 0.1) is 5.41 Å². The van der Waals surface area contributed by atoms with Gasteiger partial charge in [0.15, 0.2) is 0 Å². The highest BCUT2D eigenvalue weighted by Crippen LogP contribution is 2.33. The maximum absolute atomic E-state index is 10.5. The van der Waals surface area contributed by atoms with E-state index in [2.05, 4.69) is 0 Å². The molecule has 0 aliphatic rings. The van der Waals surface area contributed by atoms with Crippen LogP contribution in [0.25, 0.3) is 0 Å². The second kappa shape index (κ2) is 7.31. The molecule has 0 aromatic heterocycles. The van der Waals surface area contributed by atoms with Crippen LogP contribution < -0.4 is 34.4 Å². The van der Waals surface area contributed by atoms with Crippen molar-refractivity contribution in [3.63, 3.8) is 0 Å². The second-order valence-electron chi connectivity index (χ2n) is 4.86. The summed E-state index contributed by atoms with van der Waals surface area (Å²) in [6.45, 7) is 0.394. The lowest BCUT2D eigenvalue weighted by atomic mass is 9.66. The number of rotatable bonds is 8. The normalized spacial score (nSPS) is 22.3. The fourth-order valence-corrected chi connectivity index (χ4v) is 2.46. The Kier molecular flexibility index (Phi) is 7.18. The van der Waals surface area contributed by atoms with Crippen molar-refractivity contribution >= 4 is 0 Å². The lowest BCUT2D eigenvalue weighted by molar-refractivity contribution is -0.105. The molecule has 8 heteroatoms. The molecule has 0 aromatic carbocycles. The van der Waals surface area contributed by atoms with Crippen LogP contribution in [-0.2, 0) is 0 Å². The van der Waals surface area contributed by atoms with Gasteiger partial charge in [0, 0.05) is 37.8 Å². The minimum Gasteiger partial charge on any atom is -0.378 e. The zero-order valence-electron chi connectivity index (χ0n) is 11.3. The molecule has 8 nitrogen and oxygen atoms in total. The molecular formula is C10H29N7O. The van der Waals surface area contributed by atoms with Crippen molar-refractivity contribution in [2.75, 3.05) is 33.7 Å². The molecule has 0 amide bonds. The second-order valence-corrected chi connectivity index (χ2v) is 4.86. The summed E-state index contributed by atoms with van der Waals surface area (Å²) in [7, 11) is 3.41. The zero-order valence-corrected chi connectivity index (χ0v) is 11.3. The summed E-state index contributed by atoms with van der Waals surface area (Å²) in [5, 5.41) is 10.5. The summed E-state index contributed by atoms with van der Waals surface area (Å²) in [6, 6.07) is -1.81. The van der Waals surface area contributed by atoms with Gasteiger partial charge in [-0.15, -0.1) is 0 Å². The summed E-state index contributed by atoms with van der Waals surface area (Å²) >= 11 is 0. The van der Waals surface area contributed by atoms with E-state index in [1.54, 1.807) is 19.0 Å². The summed E-state index contributed by atoms with van der Waals surface area (Å²) < 4.78 is 0. The Bertz CT molecular complexity index is 212. The van der Waals surface area contributed by atoms with Gasteiger partial charge in [-0.05, 0) is 14.1 Å². The van der Waals surface area contributed by atoms with Gasteiger partial charge in [-0.1, -0.05) is 0 Å². The van der Waals surface area contributed by atoms with Crippen LogP contribution in [0, 0.1) is 5.41 Å². The largest absolute Gasteiger partial charge is 0.378 e. The molecule has 0 saturated heterocycles. The Balaban J connectivity index is 5.68. The van der Waals surface area contributed by atoms with E-state index in [0.717, 1.165) is 0 Å². The Morgan fingerprint density at radius 1 is 0.889 bits per heavy atom. The fourth-order valence-electron chi connectivity index (χ4n) is 2.46. The van der Waals surface area contributed by atoms with Gasteiger partial charge in [-0.2, -0.15) is 0 Å². The van der Waals surface area contributed by atoms with Gasteiger partial charge in [0.2, 0.25) is 0 Å². The van der Waals surface area contributed by atoms with E-state index in [1.807, 2.05) is 0 Å². The average Bonchev–Trinajstić information content (AvgIpc) is 2.37. The predicted octanol–water partition coefficient (Wildman–Crippen LogP) is -4.29. The highest BCUT2D eigenvalue weighted by molar-refractivity contribution is 5.08. The van der Waals surface area contributed by atoms with Crippen LogP contribution in [0.1, 0.15) is 0 Å². The summed E-state index contributed by atoms with van der Waals surface area (Å²) in [6.07, 6.45) is -0.979. The molecule has 4 atom stereocenters. The molecule has 0 aliphatic carbocycles. The number of nitrogens with zero attached hydrogens (tertiary/aromatic N) is 1. The SMILES string of the molecule is CN(C)C(O)C(C(N)CN)(C(N)CN)C(N)CN. The lowest BCUT2D eigenvalue weighted by Crippen LogP contribution is -2.74. The van der Waals surface area contributed by atoms with Crippen LogP contribution in [0.2, 0.25) is 0 Å². The Labute approximate surface area is 109 Å². The van der Waals surface area contributed by atoms with E-state index in [-0.39, 0.29) is 19.6 Å². The first-order valence-electron chi connectivity index (χ1n) is 6.02. The molecule has 0 fully saturated rings. The van der Waals surface area contributed by atoms with Gasteiger partial charge < -0.3 is 39.5 Å². The van der Waals surface area contributed by atoms with Crippen LogP contribution in [0.4, 0.5) is 0 Å². The van der Waals surface area contributed by atoms with E-state index < -0.39 is 29.8 Å². The molecule has 0 radical (unpaired) electrons. The van der Waals surface area contributed by atoms with Crippen LogP contribution in [0.5, 0.6) is 0 Å². The van der Waals surface area contributed by atoms with Crippen LogP contribution >= 0.6 is 0 Å². The third-order valence-corrected chi connectivity index (χ3v) is 3.62. The van der Waals surface area contributed by atoms with E-state index in [9.17, 15) is 5.11 Å². The standard InChI is InChI=1S/C10H29N7O/c1-17(2)9(18)10(6(14)3-11,7(15)4-12)8(16)5-13/h6-9,18H,3-5,11-16H2,1-2H3. The maximum Gasteiger partial charge on any atom is 0.117 e. The first kappa shape index (κ1) is 17.7. The monoisotopic (exact) mass is 263 g/mol. The Morgan fingerprint density at radius 2 is 1.17 bits per heavy atom. The first-order chi connectivity index (χ1) is 8.30. The quantitative estimate of drug-likeness (QED) is 0.215. The van der Waals surface area contributed by atoms with E-state index in [4.69, 9.17) is 34.4 Å². The van der Waals surface area contributed by atoms with Crippen LogP contribution in [0.15, 0.2) is 0 Å². The number of hydrogen-bond acceptors (Lipinski definition) is 8. The van der Waals surface area contributed by atoms with E-state index in [0.29, 0.717) is 0 Å². The van der Waals surface area contributed by atoms with Crippen molar-refractivity contribution in [3.8, 4) is 0 Å². The number of aliphatic hydroxyl groups excluding tert-OH is 1. The highest BCUT2D eigenvalue weighted by atomic mass is 16.3. The zero-order chi connectivity index (χ0) is 14.5. The molecule has 18 heavy (non-hydrogen) atoms. The van der Waals surface area contributed by atoms with Gasteiger partial charge >= 0.3 is 0 Å². The topological polar surface area (TPSA) is 180 Å². The predicted molar refractivity (Wildman–Crippen MR) is 73.2 cm³/mol. The number of aliphatic hydroxyl groups is 1. The van der Waals surface area contributed by atoms with Gasteiger partial charge in [-0.25, -0.2) is 0 Å². The molecule has 0 aliphatic heterocycles. The third kappa shape index (κ3) is 2.98. The van der Waals surface area contributed by atoms with Gasteiger partial charge in [-0.3, -0.25) is 4.90 Å². The summed E-state index contributed by atoms with van der Waals surface area (Å²) in [5.74, 6) is 0. The highest BCUT2D eigenvalue weighted by Gasteiger charge is 2.52. The molecule has 0 heterocycles. The van der Waals surface area contributed by atoms with Gasteiger partial charge in [0.1, 0.15) is 6.23 Å². The fraction of sp³-hybridized carbons (Fsp3) is 1.00. The van der Waals surface area contributed by atoms with Crippen molar-refractivity contribution in [1.29, 1.82) is 0 Å². The molecule has 0 rings (SSSR count). The molecule has 0 bridgehead atoms. The van der Waals surface area contributed by atoms with Gasteiger partial charge in [0.25, 0.3) is 0 Å². The first-order valence-corrected chi connectivity index (χ1v) is 6.02. The summed E-state index contributed by atoms with van der Waals surface area (Å²) in [4.78, 5) is 1.58. The van der Waals surface area contributed by atoms with Crippen molar-refractivity contribution in [3.05, 3.63) is 0 Å². The Hall–Kier alpha value is -0.320. The van der Waals surface area contributed by atoms with Crippen LogP contribution in [0.3, 0.4) is 0 Å². The Morgan fingerprint density at radius 3 is 1.33 bits per heavy atom. The molecule has 110 valence electrons. The number of hydrogen-bond donors (Lipinski definition) is 7. The van der Waals surface area contributed by atoms with Crippen molar-refractivity contribution < 1.29 is 5.11 Å². The molecule has 13 N–H and O–H groups in total.